The molecule has 1 aromatic rings. The van der Waals surface area contributed by atoms with Crippen molar-refractivity contribution < 1.29 is 19.2 Å². The third-order valence-electron chi connectivity index (χ3n) is 2.15. The first-order valence-electron chi connectivity index (χ1n) is 5.09. The number of nitrogens with zero attached hydrogens (tertiary/aromatic N) is 2. The van der Waals surface area contributed by atoms with Crippen molar-refractivity contribution in [1.82, 2.24) is 10.1 Å². The fraction of sp³-hybridized carbons (Fsp3) is 0.364. The molecule has 0 aliphatic rings. The van der Waals surface area contributed by atoms with Crippen LogP contribution in [0.2, 0.25) is 0 Å². The van der Waals surface area contributed by atoms with E-state index in [2.05, 4.69) is 16.3 Å². The highest BCUT2D eigenvalue weighted by Crippen LogP contribution is 2.09. The first kappa shape index (κ1) is 13.0. The molecule has 0 saturated carbocycles. The highest BCUT2D eigenvalue weighted by atomic mass is 16.5. The molecule has 1 aromatic heterocycles. The van der Waals surface area contributed by atoms with E-state index in [9.17, 15) is 9.59 Å². The molecule has 0 aromatic carbocycles. The molecule has 0 spiro atoms. The monoisotopic (exact) mass is 238 g/mol. The summed E-state index contributed by atoms with van der Waals surface area (Å²) in [5.41, 5.74) is -0.0158. The van der Waals surface area contributed by atoms with Crippen molar-refractivity contribution in [1.29, 1.82) is 0 Å². The Morgan fingerprint density at radius 2 is 2.29 bits per heavy atom. The summed E-state index contributed by atoms with van der Waals surface area (Å²) in [5, 5.41) is 12.1. The van der Waals surface area contributed by atoms with E-state index in [0.29, 0.717) is 6.54 Å². The molecular weight excluding hydrogens is 224 g/mol. The van der Waals surface area contributed by atoms with Gasteiger partial charge in [-0.05, 0) is 13.8 Å². The quantitative estimate of drug-likeness (QED) is 0.784. The standard InChI is InChI=1S/C11H14N2O4/c1-4-5-13(7(2)3)10(14)8-6-9(11(15)16)17-12-8/h4,6-7H,1,5H2,2-3H3,(H,15,16). The van der Waals surface area contributed by atoms with Gasteiger partial charge in [-0.1, -0.05) is 11.2 Å². The van der Waals surface area contributed by atoms with E-state index in [1.54, 1.807) is 6.08 Å². The Bertz CT molecular complexity index is 436. The summed E-state index contributed by atoms with van der Waals surface area (Å²) in [5.74, 6) is -1.98. The van der Waals surface area contributed by atoms with Gasteiger partial charge < -0.3 is 14.5 Å². The van der Waals surface area contributed by atoms with E-state index in [1.807, 2.05) is 13.8 Å². The second-order valence-corrected chi connectivity index (χ2v) is 3.72. The lowest BCUT2D eigenvalue weighted by Gasteiger charge is -2.23. The van der Waals surface area contributed by atoms with Crippen molar-refractivity contribution >= 4 is 11.9 Å². The summed E-state index contributed by atoms with van der Waals surface area (Å²) in [4.78, 5) is 24.1. The van der Waals surface area contributed by atoms with Crippen LogP contribution in [-0.2, 0) is 0 Å². The molecule has 92 valence electrons. The van der Waals surface area contributed by atoms with Crippen LogP contribution >= 0.6 is 0 Å². The molecule has 1 amide bonds. The van der Waals surface area contributed by atoms with Crippen LogP contribution in [-0.4, -0.2) is 39.6 Å². The van der Waals surface area contributed by atoms with Crippen LogP contribution < -0.4 is 0 Å². The highest BCUT2D eigenvalue weighted by Gasteiger charge is 2.22. The lowest BCUT2D eigenvalue weighted by atomic mass is 10.2. The number of aromatic carboxylic acids is 1. The summed E-state index contributed by atoms with van der Waals surface area (Å²) in [6.45, 7) is 7.62. The maximum absolute atomic E-state index is 12.0. The zero-order chi connectivity index (χ0) is 13.0. The van der Waals surface area contributed by atoms with Crippen LogP contribution in [0.15, 0.2) is 23.2 Å². The highest BCUT2D eigenvalue weighted by molar-refractivity contribution is 5.95. The molecule has 1 N–H and O–H groups in total. The molecule has 1 rings (SSSR count). The zero-order valence-corrected chi connectivity index (χ0v) is 9.71. The number of carbonyl (C=O) groups is 2. The van der Waals surface area contributed by atoms with E-state index in [1.165, 1.54) is 4.90 Å². The number of aromatic nitrogens is 1. The maximum atomic E-state index is 12.0. The van der Waals surface area contributed by atoms with E-state index in [4.69, 9.17) is 5.11 Å². The predicted octanol–water partition coefficient (Wildman–Crippen LogP) is 1.41. The molecule has 0 unspecified atom stereocenters. The smallest absolute Gasteiger partial charge is 0.374 e. The van der Waals surface area contributed by atoms with Gasteiger partial charge in [0.1, 0.15) is 0 Å². The van der Waals surface area contributed by atoms with Crippen molar-refractivity contribution in [2.24, 2.45) is 0 Å². The van der Waals surface area contributed by atoms with Crippen LogP contribution in [0.4, 0.5) is 0 Å². The number of carboxylic acids is 1. The average Bonchev–Trinajstić information content (AvgIpc) is 2.73. The van der Waals surface area contributed by atoms with E-state index >= 15 is 0 Å². The Morgan fingerprint density at radius 1 is 1.65 bits per heavy atom. The topological polar surface area (TPSA) is 83.6 Å². The van der Waals surface area contributed by atoms with Gasteiger partial charge in [-0.15, -0.1) is 6.58 Å². The minimum atomic E-state index is -1.25. The second kappa shape index (κ2) is 5.29. The average molecular weight is 238 g/mol. The largest absolute Gasteiger partial charge is 0.475 e. The van der Waals surface area contributed by atoms with Crippen molar-refractivity contribution in [3.05, 3.63) is 30.2 Å². The van der Waals surface area contributed by atoms with Crippen molar-refractivity contribution in [3.8, 4) is 0 Å². The molecule has 1 heterocycles. The third-order valence-corrected chi connectivity index (χ3v) is 2.15. The molecule has 0 atom stereocenters. The van der Waals surface area contributed by atoms with Gasteiger partial charge in [0.15, 0.2) is 5.69 Å². The number of carboxylic acid groups (broad SMARTS) is 1. The second-order valence-electron chi connectivity index (χ2n) is 3.72. The minimum Gasteiger partial charge on any atom is -0.475 e. The SMILES string of the molecule is C=CCN(C(=O)c1cc(C(=O)O)on1)C(C)C. The van der Waals surface area contributed by atoms with Crippen LogP contribution in [0.5, 0.6) is 0 Å². The van der Waals surface area contributed by atoms with Crippen molar-refractivity contribution in [3.63, 3.8) is 0 Å². The van der Waals surface area contributed by atoms with Crippen LogP contribution in [0, 0.1) is 0 Å². The first-order chi connectivity index (χ1) is 7.97. The third kappa shape index (κ3) is 2.93. The summed E-state index contributed by atoms with van der Waals surface area (Å²) >= 11 is 0. The van der Waals surface area contributed by atoms with E-state index in [-0.39, 0.29) is 23.4 Å². The molecule has 0 aliphatic carbocycles. The molecule has 6 heteroatoms. The molecule has 0 fully saturated rings. The minimum absolute atomic E-state index is 0.0158. The van der Waals surface area contributed by atoms with Gasteiger partial charge in [0.2, 0.25) is 5.76 Å². The Kier molecular flexibility index (Phi) is 4.03. The molecular formula is C11H14N2O4. The van der Waals surface area contributed by atoms with Gasteiger partial charge >= 0.3 is 5.97 Å². The first-order valence-corrected chi connectivity index (χ1v) is 5.09. The van der Waals surface area contributed by atoms with E-state index < -0.39 is 5.97 Å². The number of hydrogen-bond donors (Lipinski definition) is 1. The van der Waals surface area contributed by atoms with Crippen LogP contribution in [0.1, 0.15) is 34.9 Å². The molecule has 0 saturated heterocycles. The normalized spacial score (nSPS) is 10.3. The lowest BCUT2D eigenvalue weighted by molar-refractivity contribution is 0.0647. The lowest BCUT2D eigenvalue weighted by Crippen LogP contribution is -2.37. The summed E-state index contributed by atoms with van der Waals surface area (Å²) < 4.78 is 4.53. The predicted molar refractivity (Wildman–Crippen MR) is 59.8 cm³/mol. The van der Waals surface area contributed by atoms with Crippen LogP contribution in [0.3, 0.4) is 0 Å². The summed E-state index contributed by atoms with van der Waals surface area (Å²) in [6.07, 6.45) is 1.59. The van der Waals surface area contributed by atoms with Crippen molar-refractivity contribution in [2.45, 2.75) is 19.9 Å². The zero-order valence-electron chi connectivity index (χ0n) is 9.71. The molecule has 17 heavy (non-hydrogen) atoms. The van der Waals surface area contributed by atoms with Gasteiger partial charge in [0.25, 0.3) is 5.91 Å². The fourth-order valence-corrected chi connectivity index (χ4v) is 1.29. The Morgan fingerprint density at radius 3 is 2.71 bits per heavy atom. The van der Waals surface area contributed by atoms with E-state index in [0.717, 1.165) is 6.07 Å². The Balaban J connectivity index is 2.92. The summed E-state index contributed by atoms with van der Waals surface area (Å²) in [6, 6.07) is 1.08. The Labute approximate surface area is 98.5 Å². The van der Waals surface area contributed by atoms with Gasteiger partial charge in [-0.25, -0.2) is 4.79 Å². The van der Waals surface area contributed by atoms with Gasteiger partial charge in [0, 0.05) is 18.7 Å². The number of carbonyl (C=O) groups excluding carboxylic acids is 1. The van der Waals surface area contributed by atoms with Gasteiger partial charge in [0.05, 0.1) is 0 Å². The number of rotatable bonds is 5. The Hall–Kier alpha value is -2.11. The molecule has 6 nitrogen and oxygen atoms in total. The fourth-order valence-electron chi connectivity index (χ4n) is 1.29. The number of amides is 1. The molecule has 0 bridgehead atoms. The van der Waals surface area contributed by atoms with Crippen molar-refractivity contribution in [2.75, 3.05) is 6.54 Å². The van der Waals surface area contributed by atoms with Crippen LogP contribution in [0.25, 0.3) is 0 Å². The van der Waals surface area contributed by atoms with Gasteiger partial charge in [-0.3, -0.25) is 4.79 Å². The maximum Gasteiger partial charge on any atom is 0.374 e. The molecule has 0 radical (unpaired) electrons. The summed E-state index contributed by atoms with van der Waals surface area (Å²) in [7, 11) is 0. The number of hydrogen-bond acceptors (Lipinski definition) is 4. The van der Waals surface area contributed by atoms with Gasteiger partial charge in [-0.2, -0.15) is 0 Å². The molecule has 0 aliphatic heterocycles.